The minimum atomic E-state index is -0.523. The van der Waals surface area contributed by atoms with Gasteiger partial charge in [-0.15, -0.1) is 11.3 Å². The topological polar surface area (TPSA) is 77.5 Å². The molecule has 1 amide bonds. The second kappa shape index (κ2) is 8.44. The van der Waals surface area contributed by atoms with E-state index in [0.717, 1.165) is 21.5 Å². The third kappa shape index (κ3) is 4.58. The van der Waals surface area contributed by atoms with Crippen LogP contribution in [0.15, 0.2) is 48.0 Å². The number of hydrogen-bond acceptors (Lipinski definition) is 6. The van der Waals surface area contributed by atoms with Gasteiger partial charge >= 0.3 is 5.97 Å². The Balaban J connectivity index is 1.42. The lowest BCUT2D eigenvalue weighted by atomic mass is 10.1. The Hall–Kier alpha value is -2.93. The van der Waals surface area contributed by atoms with Gasteiger partial charge in [-0.25, -0.2) is 9.78 Å². The molecule has 3 aromatic rings. The number of esters is 1. The number of thiazole rings is 1. The number of carbonyl (C=O) groups is 2. The Morgan fingerprint density at radius 1 is 1.15 bits per heavy atom. The van der Waals surface area contributed by atoms with Gasteiger partial charge in [0.05, 0.1) is 28.4 Å². The van der Waals surface area contributed by atoms with Crippen LogP contribution in [0.3, 0.4) is 0 Å². The van der Waals surface area contributed by atoms with E-state index in [-0.39, 0.29) is 12.5 Å². The van der Waals surface area contributed by atoms with Crippen LogP contribution in [0.25, 0.3) is 10.2 Å². The molecule has 7 heteroatoms. The van der Waals surface area contributed by atoms with Gasteiger partial charge in [0.15, 0.2) is 6.61 Å². The van der Waals surface area contributed by atoms with Crippen molar-refractivity contribution in [2.24, 2.45) is 0 Å². The van der Waals surface area contributed by atoms with E-state index < -0.39 is 5.97 Å². The lowest BCUT2D eigenvalue weighted by Gasteiger charge is -2.07. The summed E-state index contributed by atoms with van der Waals surface area (Å²) >= 11 is 1.45. The Morgan fingerprint density at radius 2 is 1.96 bits per heavy atom. The van der Waals surface area contributed by atoms with Crippen molar-refractivity contribution in [1.82, 2.24) is 10.3 Å². The molecule has 0 bridgehead atoms. The van der Waals surface area contributed by atoms with E-state index in [1.54, 1.807) is 30.8 Å². The van der Waals surface area contributed by atoms with Crippen LogP contribution in [0.4, 0.5) is 0 Å². The largest absolute Gasteiger partial charge is 0.497 e. The number of carbonyl (C=O) groups excluding carboxylic acids is 2. The van der Waals surface area contributed by atoms with Gasteiger partial charge in [-0.1, -0.05) is 12.1 Å². The van der Waals surface area contributed by atoms with Crippen LogP contribution in [0.5, 0.6) is 5.75 Å². The molecule has 3 rings (SSSR count). The average molecular weight is 370 g/mol. The number of rotatable bonds is 7. The fraction of sp³-hybridized carbons (Fsp3) is 0.211. The summed E-state index contributed by atoms with van der Waals surface area (Å²) in [7, 11) is 1.62. The number of fused-ring (bicyclic) bond motifs is 1. The van der Waals surface area contributed by atoms with E-state index in [1.807, 2.05) is 24.3 Å². The molecule has 1 aromatic heterocycles. The molecule has 0 atom stereocenters. The summed E-state index contributed by atoms with van der Waals surface area (Å²) in [5.41, 5.74) is 4.05. The SMILES string of the molecule is COc1ccc(CCNC(=O)COC(=O)c2ccc3ncsc3c2)cc1. The summed E-state index contributed by atoms with van der Waals surface area (Å²) in [5, 5.41) is 2.74. The molecule has 0 saturated carbocycles. The Labute approximate surface area is 154 Å². The minimum Gasteiger partial charge on any atom is -0.497 e. The molecule has 0 spiro atoms. The molecule has 0 unspecified atom stereocenters. The summed E-state index contributed by atoms with van der Waals surface area (Å²) in [6.45, 7) is 0.164. The third-order valence-electron chi connectivity index (χ3n) is 3.80. The Bertz CT molecular complexity index is 905. The molecule has 26 heavy (non-hydrogen) atoms. The molecule has 0 aliphatic rings. The molecule has 0 saturated heterocycles. The predicted octanol–water partition coefficient (Wildman–Crippen LogP) is 2.82. The number of aromatic nitrogens is 1. The first-order valence-corrected chi connectivity index (χ1v) is 8.93. The summed E-state index contributed by atoms with van der Waals surface area (Å²) in [6.07, 6.45) is 0.686. The van der Waals surface area contributed by atoms with Crippen molar-refractivity contribution in [2.75, 3.05) is 20.3 Å². The highest BCUT2D eigenvalue weighted by molar-refractivity contribution is 7.16. The monoisotopic (exact) mass is 370 g/mol. The standard InChI is InChI=1S/C19H18N2O4S/c1-24-15-5-2-13(3-6-15)8-9-20-18(22)11-25-19(23)14-4-7-16-17(10-14)26-12-21-16/h2-7,10,12H,8-9,11H2,1H3,(H,20,22). The van der Waals surface area contributed by atoms with Crippen LogP contribution < -0.4 is 10.1 Å². The highest BCUT2D eigenvalue weighted by Crippen LogP contribution is 2.19. The summed E-state index contributed by atoms with van der Waals surface area (Å²) in [4.78, 5) is 28.0. The van der Waals surface area contributed by atoms with E-state index in [9.17, 15) is 9.59 Å². The number of nitrogens with one attached hydrogen (secondary N) is 1. The van der Waals surface area contributed by atoms with E-state index >= 15 is 0 Å². The smallest absolute Gasteiger partial charge is 0.338 e. The van der Waals surface area contributed by atoms with Crippen molar-refractivity contribution in [3.05, 3.63) is 59.1 Å². The quantitative estimate of drug-likeness (QED) is 0.647. The number of methoxy groups -OCH3 is 1. The van der Waals surface area contributed by atoms with Crippen LogP contribution >= 0.6 is 11.3 Å². The molecular formula is C19H18N2O4S. The number of nitrogens with zero attached hydrogens (tertiary/aromatic N) is 1. The van der Waals surface area contributed by atoms with Crippen molar-refractivity contribution >= 4 is 33.4 Å². The number of amides is 1. The fourth-order valence-electron chi connectivity index (χ4n) is 2.39. The summed E-state index contributed by atoms with van der Waals surface area (Å²) < 4.78 is 11.1. The van der Waals surface area contributed by atoms with E-state index in [1.165, 1.54) is 11.3 Å². The number of benzene rings is 2. The maximum atomic E-state index is 12.0. The minimum absolute atomic E-state index is 0.303. The van der Waals surface area contributed by atoms with E-state index in [4.69, 9.17) is 9.47 Å². The van der Waals surface area contributed by atoms with Crippen molar-refractivity contribution in [3.63, 3.8) is 0 Å². The molecule has 1 N–H and O–H groups in total. The van der Waals surface area contributed by atoms with Gasteiger partial charge in [0.2, 0.25) is 0 Å². The maximum absolute atomic E-state index is 12.0. The van der Waals surface area contributed by atoms with Crippen LogP contribution in [0.2, 0.25) is 0 Å². The molecule has 2 aromatic carbocycles. The molecule has 0 radical (unpaired) electrons. The average Bonchev–Trinajstić information content (AvgIpc) is 3.14. The second-order valence-electron chi connectivity index (χ2n) is 5.56. The van der Waals surface area contributed by atoms with E-state index in [0.29, 0.717) is 18.5 Å². The van der Waals surface area contributed by atoms with Gasteiger partial charge in [0, 0.05) is 6.54 Å². The van der Waals surface area contributed by atoms with Crippen LogP contribution in [-0.4, -0.2) is 37.1 Å². The maximum Gasteiger partial charge on any atom is 0.338 e. The third-order valence-corrected chi connectivity index (χ3v) is 4.59. The van der Waals surface area contributed by atoms with Crippen LogP contribution in [-0.2, 0) is 16.0 Å². The molecule has 134 valence electrons. The molecule has 0 aliphatic heterocycles. The van der Waals surface area contributed by atoms with Gasteiger partial charge in [0.1, 0.15) is 5.75 Å². The molecule has 0 fully saturated rings. The fourth-order valence-corrected chi connectivity index (χ4v) is 3.10. The zero-order valence-corrected chi connectivity index (χ0v) is 15.0. The zero-order valence-electron chi connectivity index (χ0n) is 14.2. The first kappa shape index (κ1) is 17.9. The van der Waals surface area contributed by atoms with Gasteiger partial charge in [-0.2, -0.15) is 0 Å². The van der Waals surface area contributed by atoms with Gasteiger partial charge in [-0.05, 0) is 42.3 Å². The lowest BCUT2D eigenvalue weighted by molar-refractivity contribution is -0.124. The van der Waals surface area contributed by atoms with Crippen molar-refractivity contribution in [2.45, 2.75) is 6.42 Å². The lowest BCUT2D eigenvalue weighted by Crippen LogP contribution is -2.30. The molecule has 1 heterocycles. The van der Waals surface area contributed by atoms with Gasteiger partial charge in [-0.3, -0.25) is 4.79 Å². The molecule has 6 nitrogen and oxygen atoms in total. The second-order valence-corrected chi connectivity index (χ2v) is 6.45. The van der Waals surface area contributed by atoms with Crippen molar-refractivity contribution in [1.29, 1.82) is 0 Å². The predicted molar refractivity (Wildman–Crippen MR) is 99.6 cm³/mol. The Morgan fingerprint density at radius 3 is 2.73 bits per heavy atom. The van der Waals surface area contributed by atoms with Crippen molar-refractivity contribution in [3.8, 4) is 5.75 Å². The van der Waals surface area contributed by atoms with Crippen molar-refractivity contribution < 1.29 is 19.1 Å². The van der Waals surface area contributed by atoms with Gasteiger partial charge in [0.25, 0.3) is 5.91 Å². The highest BCUT2D eigenvalue weighted by Gasteiger charge is 2.11. The summed E-state index contributed by atoms with van der Waals surface area (Å²) in [6, 6.07) is 12.8. The first-order valence-electron chi connectivity index (χ1n) is 8.06. The summed E-state index contributed by atoms with van der Waals surface area (Å²) in [5.74, 6) is -0.0578. The van der Waals surface area contributed by atoms with E-state index in [2.05, 4.69) is 10.3 Å². The van der Waals surface area contributed by atoms with Crippen LogP contribution in [0, 0.1) is 0 Å². The van der Waals surface area contributed by atoms with Gasteiger partial charge < -0.3 is 14.8 Å². The number of ether oxygens (including phenoxy) is 2. The molecule has 0 aliphatic carbocycles. The first-order chi connectivity index (χ1) is 12.7. The van der Waals surface area contributed by atoms with Crippen LogP contribution in [0.1, 0.15) is 15.9 Å². The Kier molecular flexibility index (Phi) is 5.80. The number of hydrogen-bond donors (Lipinski definition) is 1. The zero-order chi connectivity index (χ0) is 18.4. The highest BCUT2D eigenvalue weighted by atomic mass is 32.1. The normalized spacial score (nSPS) is 10.5. The molecular weight excluding hydrogens is 352 g/mol.